The van der Waals surface area contributed by atoms with E-state index < -0.39 is 0 Å². The van der Waals surface area contributed by atoms with E-state index in [1.165, 1.54) is 31.5 Å². The van der Waals surface area contributed by atoms with Gasteiger partial charge in [0, 0.05) is 6.61 Å². The Hall–Kier alpha value is -0.860. The summed E-state index contributed by atoms with van der Waals surface area (Å²) in [6, 6.07) is 10.4. The molecule has 0 N–H and O–H groups in total. The Morgan fingerprint density at radius 1 is 1.11 bits per heavy atom. The van der Waals surface area contributed by atoms with Gasteiger partial charge in [-0.3, -0.25) is 0 Å². The van der Waals surface area contributed by atoms with Gasteiger partial charge in [-0.25, -0.2) is 0 Å². The topological polar surface area (TPSA) is 12.5 Å². The summed E-state index contributed by atoms with van der Waals surface area (Å²) in [5.41, 5.74) is 1.27. The minimum atomic E-state index is 0.757. The number of nitrogens with zero attached hydrogens (tertiary/aromatic N) is 1. The minimum absolute atomic E-state index is 0.757. The highest BCUT2D eigenvalue weighted by molar-refractivity contribution is 5.13. The molecule has 2 nitrogen and oxygen atoms in total. The van der Waals surface area contributed by atoms with Gasteiger partial charge in [0.25, 0.3) is 0 Å². The first-order chi connectivity index (χ1) is 8.84. The monoisotopic (exact) mass is 249 g/mol. The molecular weight excluding hydrogens is 222 g/mol. The van der Waals surface area contributed by atoms with Crippen molar-refractivity contribution in [3.05, 3.63) is 35.9 Å². The van der Waals surface area contributed by atoms with Gasteiger partial charge < -0.3 is 9.64 Å². The van der Waals surface area contributed by atoms with Crippen LogP contribution >= 0.6 is 0 Å². The molecule has 1 heterocycles. The first-order valence-corrected chi connectivity index (χ1v) is 7.15. The highest BCUT2D eigenvalue weighted by atomic mass is 16.5. The largest absolute Gasteiger partial charge is 0.376 e. The second-order valence-electron chi connectivity index (χ2n) is 4.75. The normalized spacial score (nSPS) is 17.1. The van der Waals surface area contributed by atoms with Crippen molar-refractivity contribution in [1.29, 1.82) is 0 Å². The fourth-order valence-corrected chi connectivity index (χ4v) is 2.15. The van der Waals surface area contributed by atoms with Gasteiger partial charge in [-0.2, -0.15) is 0 Å². The van der Waals surface area contributed by atoms with Gasteiger partial charge in [-0.1, -0.05) is 44.2 Å². The summed E-state index contributed by atoms with van der Waals surface area (Å²) < 4.78 is 5.78. The fourth-order valence-electron chi connectivity index (χ4n) is 2.15. The van der Waals surface area contributed by atoms with Gasteiger partial charge in [0.2, 0.25) is 0 Å². The first-order valence-electron chi connectivity index (χ1n) is 7.15. The van der Waals surface area contributed by atoms with E-state index in [9.17, 15) is 0 Å². The van der Waals surface area contributed by atoms with Crippen LogP contribution in [0.3, 0.4) is 0 Å². The highest BCUT2D eigenvalue weighted by Gasteiger charge is 2.16. The van der Waals surface area contributed by atoms with Crippen LogP contribution in [0.1, 0.15) is 32.3 Å². The van der Waals surface area contributed by atoms with Crippen molar-refractivity contribution in [1.82, 2.24) is 4.90 Å². The van der Waals surface area contributed by atoms with E-state index in [-0.39, 0.29) is 0 Å². The maximum atomic E-state index is 5.78. The van der Waals surface area contributed by atoms with Gasteiger partial charge >= 0.3 is 0 Å². The first kappa shape index (κ1) is 15.2. The molecule has 1 aliphatic heterocycles. The van der Waals surface area contributed by atoms with Crippen LogP contribution in [0.15, 0.2) is 30.3 Å². The molecular formula is C16H27NO. The molecule has 1 aliphatic rings. The van der Waals surface area contributed by atoms with Crippen LogP contribution in [0.25, 0.3) is 0 Å². The number of likely N-dealkylation sites (tertiary alicyclic amines) is 1. The van der Waals surface area contributed by atoms with Gasteiger partial charge in [0.05, 0.1) is 6.61 Å². The lowest BCUT2D eigenvalue weighted by Crippen LogP contribution is -2.31. The molecule has 0 radical (unpaired) electrons. The average molecular weight is 249 g/mol. The molecule has 18 heavy (non-hydrogen) atoms. The van der Waals surface area contributed by atoms with E-state index >= 15 is 0 Å². The van der Waals surface area contributed by atoms with Gasteiger partial charge in [-0.15, -0.1) is 0 Å². The predicted octanol–water partition coefficient (Wildman–Crippen LogP) is 3.57. The van der Waals surface area contributed by atoms with Crippen LogP contribution < -0.4 is 0 Å². The van der Waals surface area contributed by atoms with Crippen LogP contribution in [0.2, 0.25) is 0 Å². The van der Waals surface area contributed by atoms with E-state index in [1.54, 1.807) is 0 Å². The van der Waals surface area contributed by atoms with Crippen molar-refractivity contribution in [3.8, 4) is 0 Å². The Labute approximate surface area is 112 Å². The van der Waals surface area contributed by atoms with Crippen LogP contribution in [-0.4, -0.2) is 31.6 Å². The van der Waals surface area contributed by atoms with Crippen LogP contribution in [0.4, 0.5) is 0 Å². The molecule has 0 spiro atoms. The second kappa shape index (κ2) is 9.12. The number of ether oxygens (including phenoxy) is 1. The second-order valence-corrected chi connectivity index (χ2v) is 4.75. The fraction of sp³-hybridized carbons (Fsp3) is 0.625. The zero-order valence-electron chi connectivity index (χ0n) is 12.1. The van der Waals surface area contributed by atoms with E-state index in [2.05, 4.69) is 36.2 Å². The molecule has 2 heteroatoms. The molecule has 1 aromatic carbocycles. The lowest BCUT2D eigenvalue weighted by Gasteiger charge is -2.28. The standard InChI is InChI=1S/C14H21NO.C2H6/c1-15-9-7-14(8-10-15)12-16-11-13-5-3-2-4-6-13;1-2/h2-6,14H,7-12H2,1H3;1-2H3. The van der Waals surface area contributed by atoms with E-state index in [1.807, 2.05) is 19.9 Å². The zero-order valence-corrected chi connectivity index (χ0v) is 12.1. The molecule has 2 rings (SSSR count). The Morgan fingerprint density at radius 2 is 1.72 bits per heavy atom. The molecule has 0 atom stereocenters. The minimum Gasteiger partial charge on any atom is -0.376 e. The average Bonchev–Trinajstić information content (AvgIpc) is 2.44. The number of benzene rings is 1. The Bertz CT molecular complexity index is 291. The maximum absolute atomic E-state index is 5.78. The maximum Gasteiger partial charge on any atom is 0.0717 e. The van der Waals surface area contributed by atoms with E-state index in [0.29, 0.717) is 0 Å². The van der Waals surface area contributed by atoms with Crippen LogP contribution in [-0.2, 0) is 11.3 Å². The molecule has 0 aliphatic carbocycles. The van der Waals surface area contributed by atoms with Crippen LogP contribution in [0.5, 0.6) is 0 Å². The molecule has 0 aromatic heterocycles. The smallest absolute Gasteiger partial charge is 0.0717 e. The molecule has 1 fully saturated rings. The summed E-state index contributed by atoms with van der Waals surface area (Å²) >= 11 is 0. The molecule has 1 saturated heterocycles. The van der Waals surface area contributed by atoms with Crippen molar-refractivity contribution in [2.24, 2.45) is 5.92 Å². The van der Waals surface area contributed by atoms with E-state index in [0.717, 1.165) is 19.1 Å². The quantitative estimate of drug-likeness (QED) is 0.809. The number of hydrogen-bond donors (Lipinski definition) is 0. The van der Waals surface area contributed by atoms with Crippen LogP contribution in [0, 0.1) is 5.92 Å². The number of hydrogen-bond acceptors (Lipinski definition) is 2. The lowest BCUT2D eigenvalue weighted by molar-refractivity contribution is 0.0623. The third-order valence-electron chi connectivity index (χ3n) is 3.30. The van der Waals surface area contributed by atoms with Crippen molar-refractivity contribution in [2.75, 3.05) is 26.7 Å². The third kappa shape index (κ3) is 5.65. The summed E-state index contributed by atoms with van der Waals surface area (Å²) in [6.07, 6.45) is 2.57. The number of rotatable bonds is 4. The third-order valence-corrected chi connectivity index (χ3v) is 3.30. The van der Waals surface area contributed by atoms with E-state index in [4.69, 9.17) is 4.74 Å². The summed E-state index contributed by atoms with van der Waals surface area (Å²) in [5, 5.41) is 0. The summed E-state index contributed by atoms with van der Waals surface area (Å²) in [6.45, 7) is 8.12. The van der Waals surface area contributed by atoms with Crippen molar-refractivity contribution < 1.29 is 4.74 Å². The lowest BCUT2D eigenvalue weighted by atomic mass is 9.98. The Balaban J connectivity index is 0.000000771. The SMILES string of the molecule is CC.CN1CCC(COCc2ccccc2)CC1. The molecule has 0 amide bonds. The Kier molecular flexibility index (Phi) is 7.70. The summed E-state index contributed by atoms with van der Waals surface area (Å²) in [7, 11) is 2.20. The zero-order chi connectivity index (χ0) is 13.2. The molecule has 0 bridgehead atoms. The molecule has 102 valence electrons. The molecule has 1 aromatic rings. The van der Waals surface area contributed by atoms with Crippen molar-refractivity contribution in [2.45, 2.75) is 33.3 Å². The number of piperidine rings is 1. The van der Waals surface area contributed by atoms with Gasteiger partial charge in [-0.05, 0) is 44.5 Å². The van der Waals surface area contributed by atoms with Crippen molar-refractivity contribution in [3.63, 3.8) is 0 Å². The molecule has 0 unspecified atom stereocenters. The summed E-state index contributed by atoms with van der Waals surface area (Å²) in [5.74, 6) is 0.764. The van der Waals surface area contributed by atoms with Gasteiger partial charge in [0.1, 0.15) is 0 Å². The summed E-state index contributed by atoms with van der Waals surface area (Å²) in [4.78, 5) is 2.40. The molecule has 0 saturated carbocycles. The Morgan fingerprint density at radius 3 is 2.33 bits per heavy atom. The highest BCUT2D eigenvalue weighted by Crippen LogP contribution is 2.16. The van der Waals surface area contributed by atoms with Crippen molar-refractivity contribution >= 4 is 0 Å². The van der Waals surface area contributed by atoms with Gasteiger partial charge in [0.15, 0.2) is 0 Å². The predicted molar refractivity (Wildman–Crippen MR) is 77.7 cm³/mol.